The molecule has 1 atom stereocenters. The van der Waals surface area contributed by atoms with Crippen LogP contribution in [0.25, 0.3) is 0 Å². The molecule has 0 aliphatic heterocycles. The second kappa shape index (κ2) is 5.79. The van der Waals surface area contributed by atoms with Crippen molar-refractivity contribution >= 4 is 40.5 Å². The zero-order valence-corrected chi connectivity index (χ0v) is 10.6. The van der Waals surface area contributed by atoms with Crippen LogP contribution in [0, 0.1) is 0 Å². The minimum atomic E-state index is 0.0460. The van der Waals surface area contributed by atoms with Crippen molar-refractivity contribution in [2.75, 3.05) is 5.75 Å². The summed E-state index contributed by atoms with van der Waals surface area (Å²) in [4.78, 5) is 12.6. The Kier molecular flexibility index (Phi) is 4.99. The van der Waals surface area contributed by atoms with Gasteiger partial charge in [-0.25, -0.2) is 0 Å². The van der Waals surface area contributed by atoms with Crippen LogP contribution in [-0.2, 0) is 0 Å². The second-order valence-electron chi connectivity index (χ2n) is 2.98. The first-order chi connectivity index (χ1) is 6.65. The van der Waals surface area contributed by atoms with Crippen LogP contribution in [0.2, 0.25) is 4.34 Å². The average Bonchev–Trinajstić information content (AvgIpc) is 2.60. The Balaban J connectivity index is 2.56. The lowest BCUT2D eigenvalue weighted by molar-refractivity contribution is 0.0998. The van der Waals surface area contributed by atoms with E-state index in [0.717, 1.165) is 17.1 Å². The summed E-state index contributed by atoms with van der Waals surface area (Å²) in [7, 11) is 0. The first-order valence-electron chi connectivity index (χ1n) is 4.56. The van der Waals surface area contributed by atoms with E-state index in [0.29, 0.717) is 4.34 Å². The molecule has 0 fully saturated rings. The first kappa shape index (κ1) is 12.1. The molecule has 0 spiro atoms. The number of ketones is 1. The van der Waals surface area contributed by atoms with Crippen molar-refractivity contribution in [3.8, 4) is 0 Å². The van der Waals surface area contributed by atoms with Gasteiger partial charge in [0.05, 0.1) is 14.5 Å². The molecule has 0 bridgehead atoms. The molecule has 0 saturated carbocycles. The molecule has 4 heteroatoms. The maximum atomic E-state index is 11.8. The van der Waals surface area contributed by atoms with Crippen LogP contribution in [0.5, 0.6) is 0 Å². The van der Waals surface area contributed by atoms with Gasteiger partial charge in [-0.15, -0.1) is 11.3 Å². The molecule has 0 aliphatic rings. The molecule has 0 amide bonds. The quantitative estimate of drug-likeness (QED) is 0.730. The number of hydrogen-bond donors (Lipinski definition) is 0. The molecule has 1 aromatic rings. The van der Waals surface area contributed by atoms with Crippen molar-refractivity contribution in [3.63, 3.8) is 0 Å². The zero-order valence-electron chi connectivity index (χ0n) is 8.25. The van der Waals surface area contributed by atoms with Crippen molar-refractivity contribution in [3.05, 3.63) is 21.3 Å². The highest BCUT2D eigenvalue weighted by molar-refractivity contribution is 8.00. The lowest BCUT2D eigenvalue weighted by Crippen LogP contribution is -2.12. The van der Waals surface area contributed by atoms with Gasteiger partial charge in [0.2, 0.25) is 0 Å². The maximum Gasteiger partial charge on any atom is 0.185 e. The molecule has 0 aromatic carbocycles. The van der Waals surface area contributed by atoms with Gasteiger partial charge >= 0.3 is 0 Å². The van der Waals surface area contributed by atoms with E-state index in [2.05, 4.69) is 6.92 Å². The summed E-state index contributed by atoms with van der Waals surface area (Å²) in [6.45, 7) is 4.07. The topological polar surface area (TPSA) is 17.1 Å². The fourth-order valence-electron chi connectivity index (χ4n) is 1.02. The highest BCUT2D eigenvalue weighted by Gasteiger charge is 2.16. The summed E-state index contributed by atoms with van der Waals surface area (Å²) in [6.07, 6.45) is 1.10. The number of Topliss-reactive ketones (excluding diaryl/α,β-unsaturated/α-hetero) is 1. The van der Waals surface area contributed by atoms with Crippen LogP contribution >= 0.6 is 34.7 Å². The number of hydrogen-bond acceptors (Lipinski definition) is 3. The highest BCUT2D eigenvalue weighted by Crippen LogP contribution is 2.25. The SMILES string of the molecule is CCCSC(C)C(=O)c1ccc(Cl)s1. The minimum Gasteiger partial charge on any atom is -0.292 e. The standard InChI is InChI=1S/C10H13ClOS2/c1-3-6-13-7(2)10(12)8-4-5-9(11)14-8/h4-5,7H,3,6H2,1-2H3. The van der Waals surface area contributed by atoms with Crippen molar-refractivity contribution in [1.82, 2.24) is 0 Å². The number of thioether (sulfide) groups is 1. The van der Waals surface area contributed by atoms with E-state index in [9.17, 15) is 4.79 Å². The van der Waals surface area contributed by atoms with E-state index < -0.39 is 0 Å². The summed E-state index contributed by atoms with van der Waals surface area (Å²) >= 11 is 8.84. The minimum absolute atomic E-state index is 0.0460. The zero-order chi connectivity index (χ0) is 10.6. The van der Waals surface area contributed by atoms with Crippen molar-refractivity contribution in [1.29, 1.82) is 0 Å². The number of carbonyl (C=O) groups excluding carboxylic acids is 1. The van der Waals surface area contributed by atoms with Gasteiger partial charge in [-0.1, -0.05) is 18.5 Å². The third kappa shape index (κ3) is 3.30. The fourth-order valence-corrected chi connectivity index (χ4v) is 3.03. The molecule has 14 heavy (non-hydrogen) atoms. The number of carbonyl (C=O) groups is 1. The molecular formula is C10H13ClOS2. The lowest BCUT2D eigenvalue weighted by Gasteiger charge is -2.07. The van der Waals surface area contributed by atoms with Crippen LogP contribution < -0.4 is 0 Å². The van der Waals surface area contributed by atoms with Crippen LogP contribution in [0.3, 0.4) is 0 Å². The predicted molar refractivity (Wildman–Crippen MR) is 65.9 cm³/mol. The summed E-state index contributed by atoms with van der Waals surface area (Å²) in [5.41, 5.74) is 0. The van der Waals surface area contributed by atoms with Crippen molar-refractivity contribution in [2.45, 2.75) is 25.5 Å². The fraction of sp³-hybridized carbons (Fsp3) is 0.500. The van der Waals surface area contributed by atoms with E-state index in [1.54, 1.807) is 23.9 Å². The molecule has 0 saturated heterocycles. The largest absolute Gasteiger partial charge is 0.292 e. The second-order valence-corrected chi connectivity index (χ2v) is 6.14. The molecular weight excluding hydrogens is 236 g/mol. The van der Waals surface area contributed by atoms with E-state index in [1.807, 2.05) is 6.92 Å². The van der Waals surface area contributed by atoms with Crippen LogP contribution in [0.4, 0.5) is 0 Å². The number of halogens is 1. The lowest BCUT2D eigenvalue weighted by atomic mass is 10.2. The number of rotatable bonds is 5. The van der Waals surface area contributed by atoms with Gasteiger partial charge in [0.1, 0.15) is 0 Å². The summed E-state index contributed by atoms with van der Waals surface area (Å²) < 4.78 is 0.682. The Labute approximate surface area is 97.8 Å². The molecule has 1 rings (SSSR count). The van der Waals surface area contributed by atoms with Gasteiger partial charge < -0.3 is 0 Å². The Morgan fingerprint density at radius 2 is 2.36 bits per heavy atom. The normalized spacial score (nSPS) is 12.8. The average molecular weight is 249 g/mol. The molecule has 1 heterocycles. The smallest absolute Gasteiger partial charge is 0.185 e. The van der Waals surface area contributed by atoms with Gasteiger partial charge in [-0.05, 0) is 31.2 Å². The van der Waals surface area contributed by atoms with Crippen molar-refractivity contribution < 1.29 is 4.79 Å². The Bertz CT molecular complexity index is 309. The summed E-state index contributed by atoms with van der Waals surface area (Å²) in [5, 5.41) is 0.0460. The predicted octanol–water partition coefficient (Wildman–Crippen LogP) is 4.12. The molecule has 78 valence electrons. The maximum absolute atomic E-state index is 11.8. The summed E-state index contributed by atoms with van der Waals surface area (Å²) in [5.74, 6) is 1.23. The van der Waals surface area contributed by atoms with Gasteiger partial charge in [0.25, 0.3) is 0 Å². The molecule has 0 N–H and O–H groups in total. The molecule has 0 aliphatic carbocycles. The molecule has 1 nitrogen and oxygen atoms in total. The van der Waals surface area contributed by atoms with Gasteiger partial charge in [0, 0.05) is 0 Å². The van der Waals surface area contributed by atoms with E-state index in [-0.39, 0.29) is 11.0 Å². The summed E-state index contributed by atoms with van der Waals surface area (Å²) in [6, 6.07) is 3.58. The monoisotopic (exact) mass is 248 g/mol. The third-order valence-electron chi connectivity index (χ3n) is 1.76. The van der Waals surface area contributed by atoms with E-state index >= 15 is 0 Å². The van der Waals surface area contributed by atoms with Gasteiger partial charge in [-0.3, -0.25) is 4.79 Å². The molecule has 1 aromatic heterocycles. The van der Waals surface area contributed by atoms with Crippen LogP contribution in [0.15, 0.2) is 12.1 Å². The van der Waals surface area contributed by atoms with E-state index in [1.165, 1.54) is 11.3 Å². The third-order valence-corrected chi connectivity index (χ3v) is 4.36. The van der Waals surface area contributed by atoms with Crippen LogP contribution in [-0.4, -0.2) is 16.8 Å². The van der Waals surface area contributed by atoms with Gasteiger partial charge in [0.15, 0.2) is 5.78 Å². The van der Waals surface area contributed by atoms with Crippen LogP contribution in [0.1, 0.15) is 29.9 Å². The Morgan fingerprint density at radius 1 is 1.64 bits per heavy atom. The first-order valence-corrected chi connectivity index (χ1v) is 6.80. The highest BCUT2D eigenvalue weighted by atomic mass is 35.5. The van der Waals surface area contributed by atoms with Gasteiger partial charge in [-0.2, -0.15) is 11.8 Å². The van der Waals surface area contributed by atoms with Crippen molar-refractivity contribution in [2.24, 2.45) is 0 Å². The number of thiophene rings is 1. The molecule has 0 radical (unpaired) electrons. The van der Waals surface area contributed by atoms with E-state index in [4.69, 9.17) is 11.6 Å². The molecule has 1 unspecified atom stereocenters. The Hall–Kier alpha value is 0.01000. The Morgan fingerprint density at radius 3 is 2.86 bits per heavy atom.